The molecule has 1 rings (SSSR count). The lowest BCUT2D eigenvalue weighted by molar-refractivity contribution is -0.137. The molecule has 0 saturated carbocycles. The molecular weight excluding hydrogens is 311 g/mol. The highest BCUT2D eigenvalue weighted by molar-refractivity contribution is 5.92. The summed E-state index contributed by atoms with van der Waals surface area (Å²) in [5.41, 5.74) is -0.767. The Morgan fingerprint density at radius 1 is 1.17 bits per heavy atom. The number of benzene rings is 1. The van der Waals surface area contributed by atoms with Crippen LogP contribution in [0.4, 0.5) is 18.9 Å². The molecule has 1 aromatic carbocycles. The molecule has 5 nitrogen and oxygen atoms in total. The second-order valence-electron chi connectivity index (χ2n) is 5.15. The summed E-state index contributed by atoms with van der Waals surface area (Å²) in [6.45, 7) is 2.42. The Kier molecular flexibility index (Phi) is 7.02. The van der Waals surface area contributed by atoms with Gasteiger partial charge in [-0.1, -0.05) is 13.0 Å². The van der Waals surface area contributed by atoms with Crippen LogP contribution in [-0.4, -0.2) is 43.4 Å². The van der Waals surface area contributed by atoms with E-state index >= 15 is 0 Å². The SMILES string of the molecule is CCCNC(=O)CN(C)CC(=O)Nc1cccc(C(F)(F)F)c1. The summed E-state index contributed by atoms with van der Waals surface area (Å²) in [6.07, 6.45) is -3.65. The van der Waals surface area contributed by atoms with Crippen molar-refractivity contribution in [2.24, 2.45) is 0 Å². The molecule has 0 aromatic heterocycles. The fraction of sp³-hybridized carbons (Fsp3) is 0.467. The average molecular weight is 331 g/mol. The van der Waals surface area contributed by atoms with E-state index in [9.17, 15) is 22.8 Å². The molecule has 0 saturated heterocycles. The van der Waals surface area contributed by atoms with Gasteiger partial charge >= 0.3 is 6.18 Å². The lowest BCUT2D eigenvalue weighted by Crippen LogP contribution is -2.39. The van der Waals surface area contributed by atoms with Crippen molar-refractivity contribution < 1.29 is 22.8 Å². The van der Waals surface area contributed by atoms with E-state index in [1.165, 1.54) is 17.0 Å². The fourth-order valence-electron chi connectivity index (χ4n) is 1.84. The van der Waals surface area contributed by atoms with E-state index in [0.29, 0.717) is 6.54 Å². The van der Waals surface area contributed by atoms with Crippen LogP contribution in [0.15, 0.2) is 24.3 Å². The fourth-order valence-corrected chi connectivity index (χ4v) is 1.84. The van der Waals surface area contributed by atoms with E-state index in [1.54, 1.807) is 7.05 Å². The minimum atomic E-state index is -4.46. The molecule has 0 fully saturated rings. The van der Waals surface area contributed by atoms with Crippen LogP contribution in [-0.2, 0) is 15.8 Å². The maximum Gasteiger partial charge on any atom is 0.416 e. The standard InChI is InChI=1S/C15H20F3N3O2/c1-3-7-19-13(22)9-21(2)10-14(23)20-12-6-4-5-11(8-12)15(16,17)18/h4-6,8H,3,7,9-10H2,1-2H3,(H,19,22)(H,20,23). The van der Waals surface area contributed by atoms with E-state index in [0.717, 1.165) is 18.6 Å². The number of hydrogen-bond donors (Lipinski definition) is 2. The zero-order valence-corrected chi connectivity index (χ0v) is 13.0. The topological polar surface area (TPSA) is 61.4 Å². The molecule has 23 heavy (non-hydrogen) atoms. The summed E-state index contributed by atoms with van der Waals surface area (Å²) in [6, 6.07) is 4.40. The van der Waals surface area contributed by atoms with Crippen molar-refractivity contribution in [2.45, 2.75) is 19.5 Å². The molecule has 128 valence electrons. The van der Waals surface area contributed by atoms with Crippen molar-refractivity contribution in [1.82, 2.24) is 10.2 Å². The van der Waals surface area contributed by atoms with Gasteiger partial charge in [0.25, 0.3) is 0 Å². The first-order valence-corrected chi connectivity index (χ1v) is 7.14. The molecule has 2 N–H and O–H groups in total. The van der Waals surface area contributed by atoms with Gasteiger partial charge in [0.2, 0.25) is 11.8 Å². The number of carbonyl (C=O) groups excluding carboxylic acids is 2. The average Bonchev–Trinajstić information content (AvgIpc) is 2.44. The van der Waals surface area contributed by atoms with Gasteiger partial charge in [-0.05, 0) is 31.7 Å². The first-order valence-electron chi connectivity index (χ1n) is 7.14. The Hall–Kier alpha value is -2.09. The van der Waals surface area contributed by atoms with Gasteiger partial charge in [-0.2, -0.15) is 13.2 Å². The lowest BCUT2D eigenvalue weighted by atomic mass is 10.2. The number of halogens is 3. The van der Waals surface area contributed by atoms with Crippen LogP contribution in [0.2, 0.25) is 0 Å². The number of hydrogen-bond acceptors (Lipinski definition) is 3. The summed E-state index contributed by atoms with van der Waals surface area (Å²) in [7, 11) is 1.58. The zero-order chi connectivity index (χ0) is 17.5. The Morgan fingerprint density at radius 3 is 2.43 bits per heavy atom. The Morgan fingerprint density at radius 2 is 1.83 bits per heavy atom. The molecule has 0 atom stereocenters. The second kappa shape index (κ2) is 8.52. The van der Waals surface area contributed by atoms with E-state index in [1.807, 2.05) is 6.92 Å². The van der Waals surface area contributed by atoms with Gasteiger partial charge in [0.05, 0.1) is 18.7 Å². The predicted octanol–water partition coefficient (Wildman–Crippen LogP) is 2.10. The number of nitrogens with zero attached hydrogens (tertiary/aromatic N) is 1. The first kappa shape index (κ1) is 19.0. The van der Waals surface area contributed by atoms with Gasteiger partial charge < -0.3 is 10.6 Å². The van der Waals surface area contributed by atoms with Gasteiger partial charge in [0, 0.05) is 12.2 Å². The molecule has 2 amide bonds. The largest absolute Gasteiger partial charge is 0.416 e. The van der Waals surface area contributed by atoms with Crippen LogP contribution in [0.1, 0.15) is 18.9 Å². The van der Waals surface area contributed by atoms with Crippen molar-refractivity contribution in [2.75, 3.05) is 32.0 Å². The molecule has 0 radical (unpaired) electrons. The number of alkyl halides is 3. The van der Waals surface area contributed by atoms with Crippen LogP contribution in [0, 0.1) is 0 Å². The van der Waals surface area contributed by atoms with Crippen LogP contribution >= 0.6 is 0 Å². The molecule has 0 unspecified atom stereocenters. The smallest absolute Gasteiger partial charge is 0.355 e. The van der Waals surface area contributed by atoms with Gasteiger partial charge in [0.1, 0.15) is 0 Å². The molecular formula is C15H20F3N3O2. The minimum absolute atomic E-state index is 0.0377. The van der Waals surface area contributed by atoms with Crippen molar-refractivity contribution >= 4 is 17.5 Å². The van der Waals surface area contributed by atoms with Crippen LogP contribution in [0.3, 0.4) is 0 Å². The summed E-state index contributed by atoms with van der Waals surface area (Å²) in [4.78, 5) is 24.8. The molecule has 1 aromatic rings. The maximum absolute atomic E-state index is 12.6. The molecule has 0 spiro atoms. The number of likely N-dealkylation sites (N-methyl/N-ethyl adjacent to an activating group) is 1. The predicted molar refractivity (Wildman–Crippen MR) is 80.9 cm³/mol. The van der Waals surface area contributed by atoms with E-state index < -0.39 is 17.6 Å². The van der Waals surface area contributed by atoms with Crippen LogP contribution in [0.5, 0.6) is 0 Å². The number of amides is 2. The van der Waals surface area contributed by atoms with E-state index in [2.05, 4.69) is 10.6 Å². The third kappa shape index (κ3) is 7.14. The van der Waals surface area contributed by atoms with Gasteiger partial charge in [-0.15, -0.1) is 0 Å². The molecule has 0 aliphatic rings. The van der Waals surface area contributed by atoms with Crippen molar-refractivity contribution in [3.8, 4) is 0 Å². The summed E-state index contributed by atoms with van der Waals surface area (Å²) in [5.74, 6) is -0.698. The Labute approximate surface area is 132 Å². The quantitative estimate of drug-likeness (QED) is 0.804. The third-order valence-electron chi connectivity index (χ3n) is 2.87. The molecule has 0 aliphatic heterocycles. The second-order valence-corrected chi connectivity index (χ2v) is 5.15. The summed E-state index contributed by atoms with van der Waals surface area (Å²) < 4.78 is 37.8. The van der Waals surface area contributed by atoms with E-state index in [4.69, 9.17) is 0 Å². The van der Waals surface area contributed by atoms with Crippen molar-refractivity contribution in [3.05, 3.63) is 29.8 Å². The molecule has 0 heterocycles. The number of carbonyl (C=O) groups is 2. The number of nitrogens with one attached hydrogen (secondary N) is 2. The van der Waals surface area contributed by atoms with Gasteiger partial charge in [0.15, 0.2) is 0 Å². The highest BCUT2D eigenvalue weighted by Crippen LogP contribution is 2.30. The number of rotatable bonds is 7. The first-order chi connectivity index (χ1) is 10.7. The monoisotopic (exact) mass is 331 g/mol. The van der Waals surface area contributed by atoms with Crippen molar-refractivity contribution in [3.63, 3.8) is 0 Å². The highest BCUT2D eigenvalue weighted by atomic mass is 19.4. The van der Waals surface area contributed by atoms with Crippen molar-refractivity contribution in [1.29, 1.82) is 0 Å². The number of anilines is 1. The summed E-state index contributed by atoms with van der Waals surface area (Å²) in [5, 5.41) is 5.06. The molecule has 8 heteroatoms. The van der Waals surface area contributed by atoms with Gasteiger partial charge in [-0.3, -0.25) is 14.5 Å². The maximum atomic E-state index is 12.6. The Balaban J connectivity index is 2.52. The normalized spacial score (nSPS) is 11.4. The molecule has 0 aliphatic carbocycles. The lowest BCUT2D eigenvalue weighted by Gasteiger charge is -2.16. The summed E-state index contributed by atoms with van der Waals surface area (Å²) >= 11 is 0. The minimum Gasteiger partial charge on any atom is -0.355 e. The highest BCUT2D eigenvalue weighted by Gasteiger charge is 2.30. The zero-order valence-electron chi connectivity index (χ0n) is 13.0. The van der Waals surface area contributed by atoms with Crippen LogP contribution in [0.25, 0.3) is 0 Å². The third-order valence-corrected chi connectivity index (χ3v) is 2.87. The van der Waals surface area contributed by atoms with Crippen LogP contribution < -0.4 is 10.6 Å². The Bertz CT molecular complexity index is 547. The molecule has 0 bridgehead atoms. The van der Waals surface area contributed by atoms with E-state index in [-0.39, 0.29) is 24.7 Å². The van der Waals surface area contributed by atoms with Gasteiger partial charge in [-0.25, -0.2) is 0 Å².